The zero-order valence-corrected chi connectivity index (χ0v) is 14.7. The second-order valence-corrected chi connectivity index (χ2v) is 11.1. The molecule has 0 aromatic heterocycles. The van der Waals surface area contributed by atoms with Crippen LogP contribution in [0.15, 0.2) is 36.1 Å². The van der Waals surface area contributed by atoms with Crippen LogP contribution < -0.4 is 4.74 Å². The van der Waals surface area contributed by atoms with E-state index in [-0.39, 0.29) is 6.08 Å². The van der Waals surface area contributed by atoms with Crippen molar-refractivity contribution in [3.63, 3.8) is 0 Å². The molecule has 1 heterocycles. The Kier molecular flexibility index (Phi) is 4.73. The molecule has 1 aliphatic rings. The summed E-state index contributed by atoms with van der Waals surface area (Å²) in [6.07, 6.45) is -11.8. The zero-order valence-electron chi connectivity index (χ0n) is 13.7. The Hall–Kier alpha value is -1.62. The van der Waals surface area contributed by atoms with Gasteiger partial charge in [-0.1, -0.05) is 18.2 Å². The van der Waals surface area contributed by atoms with E-state index in [4.69, 9.17) is 4.43 Å². The first kappa shape index (κ1) is 20.7. The number of halogens is 8. The maximum absolute atomic E-state index is 14.5. The summed E-state index contributed by atoms with van der Waals surface area (Å²) in [5, 5.41) is 0. The van der Waals surface area contributed by atoms with Gasteiger partial charge >= 0.3 is 18.3 Å². The molecule has 146 valence electrons. The highest BCUT2D eigenvalue weighted by Crippen LogP contribution is 2.57. The Bertz CT molecular complexity index is 718. The third-order valence-corrected chi connectivity index (χ3v) is 4.34. The summed E-state index contributed by atoms with van der Waals surface area (Å²) in [5.74, 6) is -8.40. The van der Waals surface area contributed by atoms with Crippen LogP contribution >= 0.6 is 0 Å². The molecular weight excluding hydrogens is 392 g/mol. The van der Waals surface area contributed by atoms with Crippen molar-refractivity contribution in [2.75, 3.05) is 0 Å². The normalized spacial score (nSPS) is 21.7. The summed E-state index contributed by atoms with van der Waals surface area (Å²) < 4.78 is 118. The van der Waals surface area contributed by atoms with Crippen molar-refractivity contribution in [1.82, 2.24) is 0 Å². The van der Waals surface area contributed by atoms with Gasteiger partial charge in [0, 0.05) is 11.6 Å². The van der Waals surface area contributed by atoms with E-state index in [2.05, 4.69) is 4.74 Å². The van der Waals surface area contributed by atoms with Gasteiger partial charge in [-0.05, 0) is 25.7 Å². The van der Waals surface area contributed by atoms with Crippen LogP contribution in [-0.2, 0) is 10.0 Å². The summed E-state index contributed by atoms with van der Waals surface area (Å²) >= 11 is 0. The van der Waals surface area contributed by atoms with Gasteiger partial charge in [0.1, 0.15) is 5.75 Å². The summed E-state index contributed by atoms with van der Waals surface area (Å²) in [6, 6.07) is 3.98. The molecule has 0 fully saturated rings. The van der Waals surface area contributed by atoms with Crippen LogP contribution in [0.1, 0.15) is 5.56 Å². The Morgan fingerprint density at radius 3 is 1.92 bits per heavy atom. The Labute approximate surface area is 144 Å². The third kappa shape index (κ3) is 3.46. The van der Waals surface area contributed by atoms with Crippen LogP contribution in [0.2, 0.25) is 19.6 Å². The van der Waals surface area contributed by atoms with Crippen LogP contribution in [0.25, 0.3) is 0 Å². The summed E-state index contributed by atoms with van der Waals surface area (Å²) in [6.45, 7) is 3.88. The van der Waals surface area contributed by atoms with Crippen molar-refractivity contribution in [2.45, 2.75) is 43.5 Å². The molecule has 1 atom stereocenters. The van der Waals surface area contributed by atoms with E-state index in [1.807, 2.05) is 0 Å². The molecule has 0 amide bonds. The first-order chi connectivity index (χ1) is 11.5. The van der Waals surface area contributed by atoms with Gasteiger partial charge in [0.2, 0.25) is 5.76 Å². The van der Waals surface area contributed by atoms with Crippen molar-refractivity contribution >= 4 is 8.32 Å². The highest BCUT2D eigenvalue weighted by Gasteiger charge is 2.73. The number of ether oxygens (including phenoxy) is 1. The lowest BCUT2D eigenvalue weighted by Crippen LogP contribution is -2.59. The molecule has 1 aliphatic heterocycles. The van der Waals surface area contributed by atoms with Gasteiger partial charge in [-0.25, -0.2) is 0 Å². The fraction of sp³-hybridized carbons (Fsp3) is 0.467. The molecule has 0 bridgehead atoms. The minimum absolute atomic E-state index is 0.304. The summed E-state index contributed by atoms with van der Waals surface area (Å²) in [5.41, 5.74) is -4.52. The van der Waals surface area contributed by atoms with E-state index in [1.54, 1.807) is 0 Å². The second-order valence-electron chi connectivity index (χ2n) is 6.63. The van der Waals surface area contributed by atoms with Crippen LogP contribution in [-0.4, -0.2) is 26.6 Å². The van der Waals surface area contributed by atoms with Gasteiger partial charge in [-0.3, -0.25) is 0 Å². The fourth-order valence-electron chi connectivity index (χ4n) is 2.51. The summed E-state index contributed by atoms with van der Waals surface area (Å²) in [4.78, 5) is 0. The Morgan fingerprint density at radius 1 is 0.923 bits per heavy atom. The van der Waals surface area contributed by atoms with E-state index in [9.17, 15) is 35.1 Å². The number of hydrogen-bond acceptors (Lipinski definition) is 2. The van der Waals surface area contributed by atoms with Gasteiger partial charge in [0.25, 0.3) is 0 Å². The Morgan fingerprint density at radius 2 is 1.46 bits per heavy atom. The van der Waals surface area contributed by atoms with E-state index < -0.39 is 49.3 Å². The molecule has 0 spiro atoms. The maximum Gasteiger partial charge on any atom is 0.457 e. The summed E-state index contributed by atoms with van der Waals surface area (Å²) in [7, 11) is -3.21. The number of rotatable bonds is 3. The number of alkyl halides is 8. The second kappa shape index (κ2) is 5.94. The quantitative estimate of drug-likeness (QED) is 0.469. The van der Waals surface area contributed by atoms with E-state index >= 15 is 0 Å². The lowest BCUT2D eigenvalue weighted by atomic mass is 9.84. The van der Waals surface area contributed by atoms with Gasteiger partial charge in [0.15, 0.2) is 13.9 Å². The van der Waals surface area contributed by atoms with Crippen molar-refractivity contribution in [3.05, 3.63) is 41.7 Å². The van der Waals surface area contributed by atoms with Crippen LogP contribution in [0.3, 0.4) is 0 Å². The first-order valence-corrected chi connectivity index (χ1v) is 10.6. The SMILES string of the molecule is C[Si](C)(C)OC1(C(F)(F)C(F)(F)F)C=C(C(F)(F)F)Oc2ccccc21. The monoisotopic (exact) mass is 406 g/mol. The van der Waals surface area contributed by atoms with E-state index in [0.717, 1.165) is 24.3 Å². The van der Waals surface area contributed by atoms with Crippen molar-refractivity contribution in [1.29, 1.82) is 0 Å². The molecule has 0 N–H and O–H groups in total. The molecule has 0 aliphatic carbocycles. The number of benzene rings is 1. The molecule has 0 radical (unpaired) electrons. The molecule has 11 heteroatoms. The van der Waals surface area contributed by atoms with Crippen molar-refractivity contribution in [3.8, 4) is 5.75 Å². The lowest BCUT2D eigenvalue weighted by Gasteiger charge is -2.45. The average Bonchev–Trinajstić information content (AvgIpc) is 2.43. The van der Waals surface area contributed by atoms with Crippen LogP contribution in [0, 0.1) is 0 Å². The highest BCUT2D eigenvalue weighted by molar-refractivity contribution is 6.69. The average molecular weight is 406 g/mol. The molecule has 1 aromatic rings. The third-order valence-electron chi connectivity index (χ3n) is 3.41. The van der Waals surface area contributed by atoms with Gasteiger partial charge in [0.05, 0.1) is 0 Å². The number of fused-ring (bicyclic) bond motifs is 1. The lowest BCUT2D eigenvalue weighted by molar-refractivity contribution is -0.332. The van der Waals surface area contributed by atoms with Gasteiger partial charge < -0.3 is 9.16 Å². The minimum Gasteiger partial charge on any atom is -0.452 e. The van der Waals surface area contributed by atoms with Crippen LogP contribution in [0.5, 0.6) is 5.75 Å². The minimum atomic E-state index is -6.16. The molecule has 0 saturated carbocycles. The molecule has 2 nitrogen and oxygen atoms in total. The molecule has 1 unspecified atom stereocenters. The molecular formula is C15H14F8O2Si. The van der Waals surface area contributed by atoms with Crippen molar-refractivity contribution < 1.29 is 44.3 Å². The van der Waals surface area contributed by atoms with Crippen LogP contribution in [0.4, 0.5) is 35.1 Å². The van der Waals surface area contributed by atoms with Crippen molar-refractivity contribution in [2.24, 2.45) is 0 Å². The molecule has 2 rings (SSSR count). The van der Waals surface area contributed by atoms with E-state index in [0.29, 0.717) is 0 Å². The number of para-hydroxylation sites is 1. The maximum atomic E-state index is 14.5. The standard InChI is InChI=1S/C15H14F8O2Si/c1-26(2,3)25-12(14(19,20)15(21,22)23)8-11(13(16,17)18)24-10-7-5-4-6-9(10)12/h4-8H,1-3H3. The molecule has 26 heavy (non-hydrogen) atoms. The largest absolute Gasteiger partial charge is 0.457 e. The predicted octanol–water partition coefficient (Wildman–Crippen LogP) is 5.77. The number of hydrogen-bond donors (Lipinski definition) is 0. The van der Waals surface area contributed by atoms with E-state index in [1.165, 1.54) is 19.6 Å². The first-order valence-electron chi connectivity index (χ1n) is 7.23. The molecule has 0 saturated heterocycles. The number of allylic oxidation sites excluding steroid dienone is 1. The highest BCUT2D eigenvalue weighted by atomic mass is 28.4. The molecule has 1 aromatic carbocycles. The smallest absolute Gasteiger partial charge is 0.452 e. The topological polar surface area (TPSA) is 18.5 Å². The zero-order chi connectivity index (χ0) is 20.2. The van der Waals surface area contributed by atoms with Gasteiger partial charge in [-0.2, -0.15) is 35.1 Å². The van der Waals surface area contributed by atoms with Gasteiger partial charge in [-0.15, -0.1) is 0 Å². The fourth-order valence-corrected chi connectivity index (χ4v) is 3.78. The Balaban J connectivity index is 2.90. The predicted molar refractivity (Wildman–Crippen MR) is 78.3 cm³/mol.